The van der Waals surface area contributed by atoms with Gasteiger partial charge in [0, 0.05) is 12.0 Å². The Morgan fingerprint density at radius 1 is 1.17 bits per heavy atom. The summed E-state index contributed by atoms with van der Waals surface area (Å²) in [4.78, 5) is 23.0. The van der Waals surface area contributed by atoms with E-state index in [9.17, 15) is 9.59 Å². The monoisotopic (exact) mass is 288 g/mol. The first-order chi connectivity index (χ1) is 8.54. The summed E-state index contributed by atoms with van der Waals surface area (Å²) < 4.78 is 4.88. The highest BCUT2D eigenvalue weighted by Crippen LogP contribution is 2.23. The van der Waals surface area contributed by atoms with Crippen molar-refractivity contribution in [1.29, 1.82) is 0 Å². The number of ether oxygens (including phenoxy) is 1. The number of Topliss-reactive ketones (excluding diaryl/α,β-unsaturated/α-hetero) is 1. The van der Waals surface area contributed by atoms with Crippen LogP contribution in [-0.2, 0) is 9.53 Å². The molecule has 0 radical (unpaired) electrons. The molecule has 0 fully saturated rings. The van der Waals surface area contributed by atoms with E-state index in [1.807, 2.05) is 6.92 Å². The molecular formula is C13H14Cl2O3. The fourth-order valence-electron chi connectivity index (χ4n) is 1.32. The number of ketones is 1. The smallest absolute Gasteiger partial charge is 0.306 e. The molecule has 0 heterocycles. The molecule has 0 amide bonds. The lowest BCUT2D eigenvalue weighted by molar-refractivity contribution is -0.143. The molecular weight excluding hydrogens is 275 g/mol. The maximum atomic E-state index is 11.8. The van der Waals surface area contributed by atoms with Gasteiger partial charge < -0.3 is 4.74 Å². The average molecular weight is 289 g/mol. The van der Waals surface area contributed by atoms with E-state index in [0.29, 0.717) is 22.2 Å². The number of hydrogen-bond acceptors (Lipinski definition) is 3. The first-order valence-corrected chi connectivity index (χ1v) is 6.44. The quantitative estimate of drug-likeness (QED) is 0.589. The minimum absolute atomic E-state index is 0.0824. The van der Waals surface area contributed by atoms with Crippen molar-refractivity contribution < 1.29 is 14.3 Å². The molecule has 0 bridgehead atoms. The third-order valence-corrected chi connectivity index (χ3v) is 3.00. The number of halogens is 2. The molecule has 1 aromatic rings. The lowest BCUT2D eigenvalue weighted by Gasteiger charge is -2.04. The lowest BCUT2D eigenvalue weighted by Crippen LogP contribution is -2.08. The van der Waals surface area contributed by atoms with Crippen molar-refractivity contribution in [3.05, 3.63) is 33.8 Å². The molecule has 0 atom stereocenters. The van der Waals surface area contributed by atoms with Crippen molar-refractivity contribution in [3.63, 3.8) is 0 Å². The van der Waals surface area contributed by atoms with Crippen LogP contribution in [0.25, 0.3) is 0 Å². The molecule has 0 aliphatic heterocycles. The van der Waals surface area contributed by atoms with Crippen molar-refractivity contribution in [3.8, 4) is 0 Å². The van der Waals surface area contributed by atoms with E-state index in [0.717, 1.165) is 6.42 Å². The van der Waals surface area contributed by atoms with Crippen LogP contribution in [-0.4, -0.2) is 18.4 Å². The van der Waals surface area contributed by atoms with Gasteiger partial charge in [0.2, 0.25) is 0 Å². The van der Waals surface area contributed by atoms with Crippen LogP contribution >= 0.6 is 23.2 Å². The van der Waals surface area contributed by atoms with E-state index in [1.165, 1.54) is 6.07 Å². The molecule has 0 N–H and O–H groups in total. The first kappa shape index (κ1) is 15.0. The van der Waals surface area contributed by atoms with Gasteiger partial charge in [-0.25, -0.2) is 0 Å². The zero-order chi connectivity index (χ0) is 13.5. The molecule has 1 aromatic carbocycles. The molecule has 0 unspecified atom stereocenters. The van der Waals surface area contributed by atoms with Crippen LogP contribution in [0.15, 0.2) is 18.2 Å². The van der Waals surface area contributed by atoms with Gasteiger partial charge in [0.25, 0.3) is 0 Å². The zero-order valence-electron chi connectivity index (χ0n) is 10.0. The molecule has 3 nitrogen and oxygen atoms in total. The Labute approximate surface area is 116 Å². The van der Waals surface area contributed by atoms with E-state index in [4.69, 9.17) is 27.9 Å². The van der Waals surface area contributed by atoms with Crippen LogP contribution in [0.1, 0.15) is 36.5 Å². The predicted molar refractivity (Wildman–Crippen MR) is 71.3 cm³/mol. The number of carbonyl (C=O) groups excluding carboxylic acids is 2. The second-order valence-corrected chi connectivity index (χ2v) is 4.59. The van der Waals surface area contributed by atoms with Gasteiger partial charge in [-0.3, -0.25) is 9.59 Å². The SMILES string of the molecule is CCCOC(=O)CCC(=O)c1ccc(Cl)c(Cl)c1. The third kappa shape index (κ3) is 4.67. The lowest BCUT2D eigenvalue weighted by atomic mass is 10.1. The molecule has 0 saturated heterocycles. The first-order valence-electron chi connectivity index (χ1n) is 5.68. The Bertz CT molecular complexity index is 444. The largest absolute Gasteiger partial charge is 0.466 e. The maximum absolute atomic E-state index is 11.8. The van der Waals surface area contributed by atoms with E-state index in [-0.39, 0.29) is 24.6 Å². The highest BCUT2D eigenvalue weighted by atomic mass is 35.5. The van der Waals surface area contributed by atoms with Crippen LogP contribution in [0.4, 0.5) is 0 Å². The molecule has 5 heteroatoms. The molecule has 0 aromatic heterocycles. The van der Waals surface area contributed by atoms with Gasteiger partial charge in [0.05, 0.1) is 23.1 Å². The molecule has 18 heavy (non-hydrogen) atoms. The average Bonchev–Trinajstić information content (AvgIpc) is 2.36. The summed E-state index contributed by atoms with van der Waals surface area (Å²) in [7, 11) is 0. The van der Waals surface area contributed by atoms with Gasteiger partial charge in [-0.05, 0) is 24.6 Å². The van der Waals surface area contributed by atoms with Crippen LogP contribution in [0.3, 0.4) is 0 Å². The standard InChI is InChI=1S/C13H14Cl2O3/c1-2-7-18-13(17)6-5-12(16)9-3-4-10(14)11(15)8-9/h3-4,8H,2,5-7H2,1H3. The minimum Gasteiger partial charge on any atom is -0.466 e. The van der Waals surface area contributed by atoms with Crippen molar-refractivity contribution in [2.24, 2.45) is 0 Å². The highest BCUT2D eigenvalue weighted by Gasteiger charge is 2.11. The van der Waals surface area contributed by atoms with Gasteiger partial charge in [-0.1, -0.05) is 30.1 Å². The summed E-state index contributed by atoms with van der Waals surface area (Å²) in [6.45, 7) is 2.30. The zero-order valence-corrected chi connectivity index (χ0v) is 11.6. The Kier molecular flexibility index (Phi) is 6.16. The number of carbonyl (C=O) groups is 2. The van der Waals surface area contributed by atoms with E-state index < -0.39 is 0 Å². The topological polar surface area (TPSA) is 43.4 Å². The highest BCUT2D eigenvalue weighted by molar-refractivity contribution is 6.42. The van der Waals surface area contributed by atoms with Crippen molar-refractivity contribution in [2.75, 3.05) is 6.61 Å². The van der Waals surface area contributed by atoms with E-state index in [2.05, 4.69) is 0 Å². The molecule has 0 aliphatic rings. The van der Waals surface area contributed by atoms with Gasteiger partial charge in [-0.2, -0.15) is 0 Å². The summed E-state index contributed by atoms with van der Waals surface area (Å²) >= 11 is 11.6. The summed E-state index contributed by atoms with van der Waals surface area (Å²) in [6, 6.07) is 4.66. The van der Waals surface area contributed by atoms with Gasteiger partial charge >= 0.3 is 5.97 Å². The summed E-state index contributed by atoms with van der Waals surface area (Å²) in [6.07, 6.45) is 0.964. The second kappa shape index (κ2) is 7.39. The Morgan fingerprint density at radius 2 is 1.89 bits per heavy atom. The van der Waals surface area contributed by atoms with Gasteiger partial charge in [0.1, 0.15) is 0 Å². The van der Waals surface area contributed by atoms with Gasteiger partial charge in [-0.15, -0.1) is 0 Å². The molecule has 1 rings (SSSR count). The minimum atomic E-state index is -0.356. The van der Waals surface area contributed by atoms with Crippen LogP contribution < -0.4 is 0 Å². The van der Waals surface area contributed by atoms with Crippen molar-refractivity contribution >= 4 is 35.0 Å². The summed E-state index contributed by atoms with van der Waals surface area (Å²) in [5.41, 5.74) is 0.452. The molecule has 0 spiro atoms. The second-order valence-electron chi connectivity index (χ2n) is 3.77. The van der Waals surface area contributed by atoms with Crippen LogP contribution in [0.2, 0.25) is 10.0 Å². The van der Waals surface area contributed by atoms with E-state index in [1.54, 1.807) is 12.1 Å². The van der Waals surface area contributed by atoms with Gasteiger partial charge in [0.15, 0.2) is 5.78 Å². The Balaban J connectivity index is 2.50. The number of hydrogen-bond donors (Lipinski definition) is 0. The molecule has 0 aliphatic carbocycles. The maximum Gasteiger partial charge on any atom is 0.306 e. The van der Waals surface area contributed by atoms with Crippen molar-refractivity contribution in [2.45, 2.75) is 26.2 Å². The number of rotatable bonds is 6. The predicted octanol–water partition coefficient (Wildman–Crippen LogP) is 3.91. The van der Waals surface area contributed by atoms with E-state index >= 15 is 0 Å². The molecule has 98 valence electrons. The number of benzene rings is 1. The van der Waals surface area contributed by atoms with Crippen molar-refractivity contribution in [1.82, 2.24) is 0 Å². The fourth-order valence-corrected chi connectivity index (χ4v) is 1.62. The number of esters is 1. The van der Waals surface area contributed by atoms with Crippen LogP contribution in [0, 0.1) is 0 Å². The summed E-state index contributed by atoms with van der Waals surface area (Å²) in [5.74, 6) is -0.507. The Hall–Kier alpha value is -1.06. The molecule has 0 saturated carbocycles. The van der Waals surface area contributed by atoms with Crippen LogP contribution in [0.5, 0.6) is 0 Å². The Morgan fingerprint density at radius 3 is 2.50 bits per heavy atom. The fraction of sp³-hybridized carbons (Fsp3) is 0.385. The normalized spacial score (nSPS) is 10.2. The summed E-state index contributed by atoms with van der Waals surface area (Å²) in [5, 5.41) is 0.728. The third-order valence-electron chi connectivity index (χ3n) is 2.26.